The van der Waals surface area contributed by atoms with E-state index >= 15 is 0 Å². The van der Waals surface area contributed by atoms with Crippen LogP contribution < -0.4 is 4.90 Å². The van der Waals surface area contributed by atoms with Gasteiger partial charge in [-0.15, -0.1) is 0 Å². The lowest BCUT2D eigenvalue weighted by molar-refractivity contribution is -0.136. The third-order valence-electron chi connectivity index (χ3n) is 5.81. The normalized spacial score (nSPS) is 21.2. The Labute approximate surface area is 179 Å². The minimum absolute atomic E-state index is 0.0156. The predicted molar refractivity (Wildman–Crippen MR) is 106 cm³/mol. The van der Waals surface area contributed by atoms with Crippen LogP contribution in [0, 0.1) is 0 Å². The third kappa shape index (κ3) is 3.25. The molecule has 5 rings (SSSR count). The molecule has 2 aromatic heterocycles. The van der Waals surface area contributed by atoms with Gasteiger partial charge in [-0.1, -0.05) is 17.7 Å². The van der Waals surface area contributed by atoms with E-state index in [1.54, 1.807) is 23.1 Å². The highest BCUT2D eigenvalue weighted by Crippen LogP contribution is 2.44. The first kappa shape index (κ1) is 19.9. The number of alkyl halides is 3. The smallest absolute Gasteiger partial charge is 0.420 e. The lowest BCUT2D eigenvalue weighted by atomic mass is 10.1. The number of carbonyl (C=O) groups is 1. The van der Waals surface area contributed by atoms with Crippen molar-refractivity contribution < 1.29 is 27.5 Å². The van der Waals surface area contributed by atoms with E-state index in [-0.39, 0.29) is 29.2 Å². The second-order valence-electron chi connectivity index (χ2n) is 7.65. The van der Waals surface area contributed by atoms with Gasteiger partial charge in [0.25, 0.3) is 6.01 Å². The number of aromatic nitrogens is 2. The van der Waals surface area contributed by atoms with Crippen LogP contribution in [0.25, 0.3) is 22.4 Å². The minimum atomic E-state index is -4.73. The first-order valence-electron chi connectivity index (χ1n) is 9.62. The number of piperazine rings is 1. The fourth-order valence-corrected chi connectivity index (χ4v) is 4.83. The van der Waals surface area contributed by atoms with E-state index in [1.165, 1.54) is 17.2 Å². The van der Waals surface area contributed by atoms with Crippen molar-refractivity contribution in [1.82, 2.24) is 14.9 Å². The summed E-state index contributed by atoms with van der Waals surface area (Å²) in [5, 5.41) is 8.94. The zero-order chi connectivity index (χ0) is 21.9. The fraction of sp³-hybridized carbons (Fsp3) is 0.350. The third-order valence-corrected chi connectivity index (χ3v) is 6.10. The molecule has 0 saturated carbocycles. The molecule has 3 aromatic rings. The molecule has 1 amide bonds. The fourth-order valence-electron chi connectivity index (χ4n) is 4.53. The van der Waals surface area contributed by atoms with Crippen molar-refractivity contribution in [2.75, 3.05) is 18.0 Å². The second-order valence-corrected chi connectivity index (χ2v) is 8.05. The van der Waals surface area contributed by atoms with Gasteiger partial charge in [-0.05, 0) is 31.0 Å². The molecule has 7 nitrogen and oxygen atoms in total. The zero-order valence-electron chi connectivity index (χ0n) is 15.9. The highest BCUT2D eigenvalue weighted by atomic mass is 35.5. The minimum Gasteiger partial charge on any atom is -0.465 e. The van der Waals surface area contributed by atoms with Gasteiger partial charge < -0.3 is 14.4 Å². The number of pyridine rings is 1. The van der Waals surface area contributed by atoms with Crippen molar-refractivity contribution in [3.05, 3.63) is 41.0 Å². The maximum atomic E-state index is 13.8. The van der Waals surface area contributed by atoms with Crippen LogP contribution in [0.15, 0.2) is 34.9 Å². The Balaban J connectivity index is 1.64. The molecular formula is C20H16ClF3N4O3. The molecule has 2 saturated heterocycles. The summed E-state index contributed by atoms with van der Waals surface area (Å²) in [6, 6.07) is 5.74. The van der Waals surface area contributed by atoms with Gasteiger partial charge in [-0.3, -0.25) is 9.88 Å². The summed E-state index contributed by atoms with van der Waals surface area (Å²) < 4.78 is 47.2. The molecule has 0 spiro atoms. The van der Waals surface area contributed by atoms with Gasteiger partial charge in [0.15, 0.2) is 5.58 Å². The van der Waals surface area contributed by atoms with Crippen LogP contribution in [0.4, 0.5) is 24.0 Å². The van der Waals surface area contributed by atoms with Gasteiger partial charge in [0, 0.05) is 24.8 Å². The molecule has 4 heterocycles. The average molecular weight is 453 g/mol. The first-order chi connectivity index (χ1) is 14.7. The second kappa shape index (κ2) is 7.01. The number of nitrogens with zero attached hydrogens (tertiary/aromatic N) is 4. The van der Waals surface area contributed by atoms with E-state index in [9.17, 15) is 23.1 Å². The summed E-state index contributed by atoms with van der Waals surface area (Å²) in [4.78, 5) is 23.0. The average Bonchev–Trinajstić information content (AvgIpc) is 3.26. The maximum Gasteiger partial charge on any atom is 0.420 e. The van der Waals surface area contributed by atoms with Crippen molar-refractivity contribution >= 4 is 34.8 Å². The topological polar surface area (TPSA) is 82.7 Å². The van der Waals surface area contributed by atoms with E-state index in [4.69, 9.17) is 16.0 Å². The molecular weight excluding hydrogens is 437 g/mol. The zero-order valence-corrected chi connectivity index (χ0v) is 16.7. The summed E-state index contributed by atoms with van der Waals surface area (Å²) in [6.07, 6.45) is -2.83. The SMILES string of the molecule is O=C(O)N1C2CCC1CN(c1nc3c(C(F)(F)F)c(Cl)cc(-c4ccccn4)c3o1)C2. The predicted octanol–water partition coefficient (Wildman–Crippen LogP) is 4.89. The Morgan fingerprint density at radius 1 is 1.23 bits per heavy atom. The summed E-state index contributed by atoms with van der Waals surface area (Å²) in [6.45, 7) is 0.591. The first-order valence-corrected chi connectivity index (χ1v) is 9.99. The summed E-state index contributed by atoms with van der Waals surface area (Å²) in [7, 11) is 0. The molecule has 2 unspecified atom stereocenters. The Morgan fingerprint density at radius 3 is 2.52 bits per heavy atom. The highest BCUT2D eigenvalue weighted by molar-refractivity contribution is 6.33. The molecule has 1 N–H and O–H groups in total. The van der Waals surface area contributed by atoms with E-state index in [2.05, 4.69) is 9.97 Å². The standard InChI is InChI=1S/C20H16ClF3N4O3/c21-13-7-12(14-3-1-2-6-25-14)17-16(15(13)20(22,23)24)26-18(31-17)27-8-10-4-5-11(9-27)28(10)19(29)30/h1-3,6-7,10-11H,4-5,8-9H2,(H,29,30). The van der Waals surface area contributed by atoms with E-state index in [1.807, 2.05) is 0 Å². The number of rotatable bonds is 2. The molecule has 162 valence electrons. The molecule has 2 bridgehead atoms. The maximum absolute atomic E-state index is 13.8. The molecule has 2 aliphatic heterocycles. The van der Waals surface area contributed by atoms with E-state index < -0.39 is 22.9 Å². The van der Waals surface area contributed by atoms with Gasteiger partial charge in [0.1, 0.15) is 11.1 Å². The number of carboxylic acid groups (broad SMARTS) is 1. The van der Waals surface area contributed by atoms with Gasteiger partial charge in [0.05, 0.1) is 22.8 Å². The van der Waals surface area contributed by atoms with Crippen molar-refractivity contribution in [3.63, 3.8) is 0 Å². The number of fused-ring (bicyclic) bond motifs is 3. The molecule has 1 aromatic carbocycles. The summed E-state index contributed by atoms with van der Waals surface area (Å²) >= 11 is 6.03. The Kier molecular flexibility index (Phi) is 4.51. The van der Waals surface area contributed by atoms with Crippen molar-refractivity contribution in [1.29, 1.82) is 0 Å². The lowest BCUT2D eigenvalue weighted by Crippen LogP contribution is -2.55. The van der Waals surface area contributed by atoms with Gasteiger partial charge >= 0.3 is 12.3 Å². The molecule has 2 aliphatic rings. The van der Waals surface area contributed by atoms with Crippen molar-refractivity contribution in [3.8, 4) is 11.3 Å². The number of amides is 1. The van der Waals surface area contributed by atoms with Crippen LogP contribution in [-0.4, -0.2) is 51.2 Å². The number of anilines is 1. The van der Waals surface area contributed by atoms with Crippen LogP contribution in [0.3, 0.4) is 0 Å². The van der Waals surface area contributed by atoms with Gasteiger partial charge in [-0.2, -0.15) is 18.2 Å². The van der Waals surface area contributed by atoms with Crippen LogP contribution in [-0.2, 0) is 6.18 Å². The number of halogens is 4. The molecule has 2 atom stereocenters. The highest BCUT2D eigenvalue weighted by Gasteiger charge is 2.44. The summed E-state index contributed by atoms with van der Waals surface area (Å²) in [5.74, 6) is 0. The molecule has 0 aliphatic carbocycles. The van der Waals surface area contributed by atoms with Crippen molar-refractivity contribution in [2.45, 2.75) is 31.1 Å². The number of oxazole rings is 1. The Morgan fingerprint density at radius 2 is 1.94 bits per heavy atom. The lowest BCUT2D eigenvalue weighted by Gasteiger charge is -2.38. The van der Waals surface area contributed by atoms with E-state index in [0.717, 1.165) is 0 Å². The number of hydrogen-bond acceptors (Lipinski definition) is 5. The van der Waals surface area contributed by atoms with Crippen LogP contribution in [0.5, 0.6) is 0 Å². The largest absolute Gasteiger partial charge is 0.465 e. The van der Waals surface area contributed by atoms with Crippen LogP contribution in [0.1, 0.15) is 18.4 Å². The van der Waals surface area contributed by atoms with Gasteiger partial charge in [0.2, 0.25) is 0 Å². The quantitative estimate of drug-likeness (QED) is 0.596. The van der Waals surface area contributed by atoms with Crippen LogP contribution in [0.2, 0.25) is 5.02 Å². The summed E-state index contributed by atoms with van der Waals surface area (Å²) in [5.41, 5.74) is -0.797. The van der Waals surface area contributed by atoms with Crippen LogP contribution >= 0.6 is 11.6 Å². The molecule has 11 heteroatoms. The number of benzene rings is 1. The monoisotopic (exact) mass is 452 g/mol. The molecule has 2 fully saturated rings. The van der Waals surface area contributed by atoms with Crippen molar-refractivity contribution in [2.24, 2.45) is 0 Å². The number of hydrogen-bond donors (Lipinski definition) is 1. The van der Waals surface area contributed by atoms with Gasteiger partial charge in [-0.25, -0.2) is 4.79 Å². The Bertz CT molecular complexity index is 1150. The molecule has 0 radical (unpaired) electrons. The molecule has 31 heavy (non-hydrogen) atoms. The Hall–Kier alpha value is -3.01. The van der Waals surface area contributed by atoms with E-state index in [0.29, 0.717) is 37.2 Å².